The van der Waals surface area contributed by atoms with Gasteiger partial charge in [0.25, 0.3) is 0 Å². The van der Waals surface area contributed by atoms with Gasteiger partial charge in [0, 0.05) is 40.4 Å². The third-order valence-electron chi connectivity index (χ3n) is 4.73. The summed E-state index contributed by atoms with van der Waals surface area (Å²) in [5.74, 6) is 0.773. The van der Waals surface area contributed by atoms with E-state index in [2.05, 4.69) is 61.6 Å². The lowest BCUT2D eigenvalue weighted by molar-refractivity contribution is -0.116. The zero-order valence-corrected chi connectivity index (χ0v) is 19.6. The average Bonchev–Trinajstić information content (AvgIpc) is 3.39. The van der Waals surface area contributed by atoms with Gasteiger partial charge in [-0.1, -0.05) is 45.8 Å². The quantitative estimate of drug-likeness (QED) is 0.353. The van der Waals surface area contributed by atoms with Crippen molar-refractivity contribution in [1.82, 2.24) is 15.2 Å². The second-order valence-electron chi connectivity index (χ2n) is 7.31. The molecule has 2 aromatic heterocycles. The van der Waals surface area contributed by atoms with Gasteiger partial charge >= 0.3 is 0 Å². The Kier molecular flexibility index (Phi) is 6.58. The summed E-state index contributed by atoms with van der Waals surface area (Å²) in [6, 6.07) is 14.2. The summed E-state index contributed by atoms with van der Waals surface area (Å²) in [5, 5.41) is 11.6. The molecule has 0 saturated heterocycles. The zero-order valence-electron chi connectivity index (χ0n) is 17.2. The second kappa shape index (κ2) is 9.53. The van der Waals surface area contributed by atoms with Gasteiger partial charge < -0.3 is 9.73 Å². The van der Waals surface area contributed by atoms with Gasteiger partial charge in [-0.15, -0.1) is 21.5 Å². The van der Waals surface area contributed by atoms with Crippen LogP contribution in [0.5, 0.6) is 0 Å². The van der Waals surface area contributed by atoms with E-state index in [0.717, 1.165) is 26.9 Å². The zero-order chi connectivity index (χ0) is 21.8. The molecule has 158 valence electrons. The van der Waals surface area contributed by atoms with Gasteiger partial charge in [0.15, 0.2) is 5.13 Å². The largest absolute Gasteiger partial charge is 0.421 e. The first-order valence-electron chi connectivity index (χ1n) is 9.85. The Morgan fingerprint density at radius 3 is 2.71 bits per heavy atom. The topological polar surface area (TPSA) is 80.9 Å². The fraction of sp³-hybridized carbons (Fsp3) is 0.217. The first-order valence-corrected chi connectivity index (χ1v) is 11.5. The van der Waals surface area contributed by atoms with Crippen LogP contribution in [0.3, 0.4) is 0 Å². The molecule has 4 rings (SSSR count). The minimum absolute atomic E-state index is 0.129. The maximum Gasteiger partial charge on any atom is 0.247 e. The number of nitrogens with one attached hydrogen (secondary N) is 1. The summed E-state index contributed by atoms with van der Waals surface area (Å²) in [6.07, 6.45) is 3.21. The predicted molar refractivity (Wildman–Crippen MR) is 125 cm³/mol. The van der Waals surface area contributed by atoms with E-state index in [-0.39, 0.29) is 12.3 Å². The molecule has 0 saturated carbocycles. The number of aromatic nitrogens is 3. The van der Waals surface area contributed by atoms with Crippen LogP contribution in [-0.2, 0) is 17.6 Å². The molecule has 6 nitrogen and oxygen atoms in total. The molecule has 0 radical (unpaired) electrons. The monoisotopic (exact) mass is 496 g/mol. The first-order chi connectivity index (χ1) is 15.0. The van der Waals surface area contributed by atoms with Gasteiger partial charge in [0.2, 0.25) is 17.7 Å². The highest BCUT2D eigenvalue weighted by atomic mass is 79.9. The van der Waals surface area contributed by atoms with E-state index in [0.29, 0.717) is 23.3 Å². The molecule has 0 spiro atoms. The lowest BCUT2D eigenvalue weighted by Crippen LogP contribution is -2.12. The normalized spacial score (nSPS) is 10.9. The van der Waals surface area contributed by atoms with Gasteiger partial charge in [0.1, 0.15) is 0 Å². The van der Waals surface area contributed by atoms with Crippen molar-refractivity contribution in [3.8, 4) is 11.5 Å². The van der Waals surface area contributed by atoms with Crippen molar-refractivity contribution in [2.75, 3.05) is 5.32 Å². The van der Waals surface area contributed by atoms with E-state index in [1.807, 2.05) is 37.4 Å². The second-order valence-corrected chi connectivity index (χ2v) is 9.28. The number of benzene rings is 2. The van der Waals surface area contributed by atoms with Crippen LogP contribution >= 0.6 is 27.3 Å². The summed E-state index contributed by atoms with van der Waals surface area (Å²) in [7, 11) is 0. The molecule has 2 heterocycles. The van der Waals surface area contributed by atoms with E-state index in [1.54, 1.807) is 0 Å². The minimum Gasteiger partial charge on any atom is -0.421 e. The van der Waals surface area contributed by atoms with Gasteiger partial charge in [-0.2, -0.15) is 0 Å². The molecular weight excluding hydrogens is 476 g/mol. The molecule has 31 heavy (non-hydrogen) atoms. The molecular formula is C23H21BrN4O2S. The van der Waals surface area contributed by atoms with Crippen LogP contribution in [0.4, 0.5) is 5.13 Å². The van der Waals surface area contributed by atoms with Crippen LogP contribution in [0.1, 0.15) is 33.9 Å². The number of hydrogen-bond acceptors (Lipinski definition) is 6. The molecule has 0 unspecified atom stereocenters. The number of anilines is 1. The number of carbonyl (C=O) groups is 1. The molecule has 0 fully saturated rings. The number of nitrogens with zero attached hydrogens (tertiary/aromatic N) is 3. The van der Waals surface area contributed by atoms with Crippen LogP contribution < -0.4 is 5.32 Å². The lowest BCUT2D eigenvalue weighted by Gasteiger charge is -2.02. The highest BCUT2D eigenvalue weighted by molar-refractivity contribution is 9.10. The third-order valence-corrected chi connectivity index (χ3v) is 6.53. The van der Waals surface area contributed by atoms with Crippen molar-refractivity contribution < 1.29 is 9.21 Å². The van der Waals surface area contributed by atoms with Gasteiger partial charge in [0.05, 0.1) is 0 Å². The van der Waals surface area contributed by atoms with E-state index in [4.69, 9.17) is 4.42 Å². The van der Waals surface area contributed by atoms with Crippen molar-refractivity contribution in [2.45, 2.75) is 33.1 Å². The molecule has 0 aliphatic carbocycles. The summed E-state index contributed by atoms with van der Waals surface area (Å²) in [6.45, 7) is 4.09. The van der Waals surface area contributed by atoms with Crippen LogP contribution in [0.25, 0.3) is 11.5 Å². The average molecular weight is 497 g/mol. The van der Waals surface area contributed by atoms with E-state index >= 15 is 0 Å². The highest BCUT2D eigenvalue weighted by Gasteiger charge is 2.12. The van der Waals surface area contributed by atoms with Crippen LogP contribution in [0, 0.1) is 13.8 Å². The van der Waals surface area contributed by atoms with Crippen LogP contribution in [-0.4, -0.2) is 21.1 Å². The molecule has 4 aromatic rings. The van der Waals surface area contributed by atoms with Crippen molar-refractivity contribution >= 4 is 38.3 Å². The van der Waals surface area contributed by atoms with Crippen molar-refractivity contribution in [2.24, 2.45) is 0 Å². The Bertz CT molecular complexity index is 1200. The highest BCUT2D eigenvalue weighted by Crippen LogP contribution is 2.24. The summed E-state index contributed by atoms with van der Waals surface area (Å²) in [4.78, 5) is 17.7. The van der Waals surface area contributed by atoms with Crippen LogP contribution in [0.15, 0.2) is 57.6 Å². The summed E-state index contributed by atoms with van der Waals surface area (Å²) < 4.78 is 6.78. The third kappa shape index (κ3) is 5.65. The summed E-state index contributed by atoms with van der Waals surface area (Å²) >= 11 is 5.01. The number of thiazole rings is 1. The van der Waals surface area contributed by atoms with E-state index in [9.17, 15) is 4.79 Å². The molecule has 0 aliphatic rings. The molecule has 0 atom stereocenters. The fourth-order valence-electron chi connectivity index (χ4n) is 3.03. The summed E-state index contributed by atoms with van der Waals surface area (Å²) in [5.41, 5.74) is 4.44. The Morgan fingerprint density at radius 1 is 1.13 bits per heavy atom. The number of rotatable bonds is 7. The smallest absolute Gasteiger partial charge is 0.247 e. The fourth-order valence-corrected chi connectivity index (χ4v) is 4.14. The maximum atomic E-state index is 12.3. The molecule has 1 amide bonds. The van der Waals surface area contributed by atoms with Gasteiger partial charge in [-0.3, -0.25) is 4.79 Å². The molecule has 0 bridgehead atoms. The minimum atomic E-state index is -0.129. The first kappa shape index (κ1) is 21.4. The molecule has 2 aromatic carbocycles. The Balaban J connectivity index is 1.29. The maximum absolute atomic E-state index is 12.3. The number of aryl methyl sites for hydroxylation is 3. The molecule has 0 aliphatic heterocycles. The molecule has 8 heteroatoms. The number of hydrogen-bond donors (Lipinski definition) is 1. The van der Waals surface area contributed by atoms with Crippen molar-refractivity contribution in [3.05, 3.63) is 80.6 Å². The Labute approximate surface area is 192 Å². The SMILES string of the molecule is Cc1ccc(-c2nnc(CCC(=O)Nc3ncc(Cc4ccc(Br)c(C)c4)s3)o2)cc1. The number of carbonyl (C=O) groups excluding carboxylic acids is 1. The van der Waals surface area contributed by atoms with Crippen molar-refractivity contribution in [1.29, 1.82) is 0 Å². The number of amides is 1. The Morgan fingerprint density at radius 2 is 1.94 bits per heavy atom. The predicted octanol–water partition coefficient (Wildman–Crippen LogP) is 5.73. The molecule has 1 N–H and O–H groups in total. The standard InChI is InChI=1S/C23H21BrN4O2S/c1-14-3-6-17(7-4-14)22-28-27-21(30-22)10-9-20(29)26-23-25-13-18(31-23)12-16-5-8-19(24)15(2)11-16/h3-8,11,13H,9-10,12H2,1-2H3,(H,25,26,29). The van der Waals surface area contributed by atoms with Gasteiger partial charge in [-0.05, 0) is 43.2 Å². The van der Waals surface area contributed by atoms with E-state index < -0.39 is 0 Å². The van der Waals surface area contributed by atoms with E-state index in [1.165, 1.54) is 22.5 Å². The Hall–Kier alpha value is -2.84. The lowest BCUT2D eigenvalue weighted by atomic mass is 10.1. The van der Waals surface area contributed by atoms with Crippen molar-refractivity contribution in [3.63, 3.8) is 0 Å². The van der Waals surface area contributed by atoms with Crippen LogP contribution in [0.2, 0.25) is 0 Å². The van der Waals surface area contributed by atoms with Gasteiger partial charge in [-0.25, -0.2) is 4.98 Å². The number of halogens is 1.